The molecule has 2 aromatic heterocycles. The summed E-state index contributed by atoms with van der Waals surface area (Å²) in [5.41, 5.74) is 3.20. The number of rotatable bonds is 7. The van der Waals surface area contributed by atoms with Crippen molar-refractivity contribution >= 4 is 5.91 Å². The molecule has 7 heteroatoms. The molecule has 0 fully saturated rings. The second-order valence-corrected chi connectivity index (χ2v) is 5.70. The molecule has 0 unspecified atom stereocenters. The molecule has 3 aromatic rings. The Morgan fingerprint density at radius 1 is 1.28 bits per heavy atom. The molecular weight excluding hydrogens is 318 g/mol. The lowest BCUT2D eigenvalue weighted by Crippen LogP contribution is -2.25. The van der Waals surface area contributed by atoms with Gasteiger partial charge in [-0.15, -0.1) is 0 Å². The Hall–Kier alpha value is -3.09. The fourth-order valence-corrected chi connectivity index (χ4v) is 2.51. The maximum Gasteiger partial charge on any atom is 0.269 e. The van der Waals surface area contributed by atoms with E-state index in [1.807, 2.05) is 41.9 Å². The van der Waals surface area contributed by atoms with Crippen molar-refractivity contribution in [3.8, 4) is 17.0 Å². The Morgan fingerprint density at radius 2 is 2.08 bits per heavy atom. The lowest BCUT2D eigenvalue weighted by Gasteiger charge is -2.05. The Labute approximate surface area is 146 Å². The second-order valence-electron chi connectivity index (χ2n) is 5.70. The van der Waals surface area contributed by atoms with E-state index in [1.54, 1.807) is 19.4 Å². The number of hydrogen-bond donors (Lipinski definition) is 2. The molecule has 0 spiro atoms. The Bertz CT molecular complexity index is 835. The second kappa shape index (κ2) is 7.65. The third-order valence-corrected chi connectivity index (χ3v) is 3.97. The molecule has 0 radical (unpaired) electrons. The fourth-order valence-electron chi connectivity index (χ4n) is 2.51. The number of aromatic nitrogens is 4. The molecular formula is C18H21N5O2. The number of carbonyl (C=O) groups is 1. The van der Waals surface area contributed by atoms with Gasteiger partial charge in [0.2, 0.25) is 0 Å². The van der Waals surface area contributed by atoms with Gasteiger partial charge in [-0.1, -0.05) is 0 Å². The van der Waals surface area contributed by atoms with Crippen LogP contribution in [-0.4, -0.2) is 39.5 Å². The molecule has 0 aliphatic carbocycles. The summed E-state index contributed by atoms with van der Waals surface area (Å²) in [4.78, 5) is 12.2. The van der Waals surface area contributed by atoms with E-state index in [0.29, 0.717) is 12.2 Å². The van der Waals surface area contributed by atoms with E-state index in [-0.39, 0.29) is 5.91 Å². The minimum atomic E-state index is -0.163. The molecule has 25 heavy (non-hydrogen) atoms. The minimum absolute atomic E-state index is 0.163. The van der Waals surface area contributed by atoms with Crippen LogP contribution in [0.3, 0.4) is 0 Å². The Morgan fingerprint density at radius 3 is 2.76 bits per heavy atom. The summed E-state index contributed by atoms with van der Waals surface area (Å²) in [7, 11) is 1.62. The van der Waals surface area contributed by atoms with Gasteiger partial charge in [-0.3, -0.25) is 14.6 Å². The summed E-state index contributed by atoms with van der Waals surface area (Å²) in [6, 6.07) is 11.2. The number of amides is 1. The van der Waals surface area contributed by atoms with Crippen molar-refractivity contribution in [1.82, 2.24) is 25.3 Å². The average Bonchev–Trinajstić information content (AvgIpc) is 3.28. The van der Waals surface area contributed by atoms with Crippen molar-refractivity contribution in [2.24, 2.45) is 0 Å². The highest BCUT2D eigenvalue weighted by molar-refractivity contribution is 5.93. The van der Waals surface area contributed by atoms with Gasteiger partial charge in [-0.2, -0.15) is 10.2 Å². The largest absolute Gasteiger partial charge is 0.497 e. The third kappa shape index (κ3) is 4.06. The van der Waals surface area contributed by atoms with Crippen molar-refractivity contribution in [3.05, 3.63) is 54.0 Å². The SMILES string of the molecule is COc1ccc(-c2cc(C(=O)NCCCn3nccc3C)[nH]n2)cc1. The fraction of sp³-hybridized carbons (Fsp3) is 0.278. The molecule has 3 rings (SSSR count). The van der Waals surface area contributed by atoms with Crippen LogP contribution in [0.25, 0.3) is 11.3 Å². The van der Waals surface area contributed by atoms with Crippen molar-refractivity contribution in [2.75, 3.05) is 13.7 Å². The first-order valence-electron chi connectivity index (χ1n) is 8.14. The highest BCUT2D eigenvalue weighted by Gasteiger charge is 2.10. The quantitative estimate of drug-likeness (QED) is 0.647. The Kier molecular flexibility index (Phi) is 5.13. The number of nitrogens with zero attached hydrogens (tertiary/aromatic N) is 3. The summed E-state index contributed by atoms with van der Waals surface area (Å²) in [6.07, 6.45) is 2.59. The molecule has 0 aliphatic heterocycles. The topological polar surface area (TPSA) is 84.8 Å². The van der Waals surface area contributed by atoms with Crippen molar-refractivity contribution in [3.63, 3.8) is 0 Å². The number of methoxy groups -OCH3 is 1. The molecule has 0 saturated carbocycles. The highest BCUT2D eigenvalue weighted by atomic mass is 16.5. The average molecular weight is 339 g/mol. The molecule has 130 valence electrons. The van der Waals surface area contributed by atoms with E-state index < -0.39 is 0 Å². The van der Waals surface area contributed by atoms with Gasteiger partial charge in [0.25, 0.3) is 5.91 Å². The number of carbonyl (C=O) groups excluding carboxylic acids is 1. The summed E-state index contributed by atoms with van der Waals surface area (Å²) >= 11 is 0. The van der Waals surface area contributed by atoms with Crippen LogP contribution >= 0.6 is 0 Å². The smallest absolute Gasteiger partial charge is 0.269 e. The van der Waals surface area contributed by atoms with Crippen LogP contribution in [0.5, 0.6) is 5.75 Å². The molecule has 2 N–H and O–H groups in total. The summed E-state index contributed by atoms with van der Waals surface area (Å²) in [6.45, 7) is 3.37. The number of nitrogens with one attached hydrogen (secondary N) is 2. The van der Waals surface area contributed by atoms with Gasteiger partial charge in [0, 0.05) is 30.5 Å². The normalized spacial score (nSPS) is 10.6. The zero-order valence-corrected chi connectivity index (χ0v) is 14.3. The molecule has 0 saturated heterocycles. The van der Waals surface area contributed by atoms with Crippen LogP contribution in [0.15, 0.2) is 42.6 Å². The van der Waals surface area contributed by atoms with Crippen LogP contribution < -0.4 is 10.1 Å². The minimum Gasteiger partial charge on any atom is -0.497 e. The van der Waals surface area contributed by atoms with Crippen LogP contribution in [0.1, 0.15) is 22.6 Å². The predicted octanol–water partition coefficient (Wildman–Crippen LogP) is 2.41. The summed E-state index contributed by atoms with van der Waals surface area (Å²) < 4.78 is 7.06. The van der Waals surface area contributed by atoms with Gasteiger partial charge < -0.3 is 10.1 Å². The van der Waals surface area contributed by atoms with Crippen molar-refractivity contribution in [1.29, 1.82) is 0 Å². The number of hydrogen-bond acceptors (Lipinski definition) is 4. The van der Waals surface area contributed by atoms with Crippen LogP contribution in [0.2, 0.25) is 0 Å². The van der Waals surface area contributed by atoms with Crippen LogP contribution in [0, 0.1) is 6.92 Å². The van der Waals surface area contributed by atoms with Crippen molar-refractivity contribution in [2.45, 2.75) is 19.9 Å². The first-order valence-corrected chi connectivity index (χ1v) is 8.14. The highest BCUT2D eigenvalue weighted by Crippen LogP contribution is 2.21. The zero-order valence-electron chi connectivity index (χ0n) is 14.3. The number of aryl methyl sites for hydroxylation is 2. The first-order chi connectivity index (χ1) is 12.2. The van der Waals surface area contributed by atoms with Gasteiger partial charge in [-0.25, -0.2) is 0 Å². The van der Waals surface area contributed by atoms with Gasteiger partial charge in [0.1, 0.15) is 11.4 Å². The lowest BCUT2D eigenvalue weighted by atomic mass is 10.1. The molecule has 1 aromatic carbocycles. The van der Waals surface area contributed by atoms with E-state index in [2.05, 4.69) is 20.6 Å². The van der Waals surface area contributed by atoms with Gasteiger partial charge in [-0.05, 0) is 49.7 Å². The van der Waals surface area contributed by atoms with Gasteiger partial charge in [0.05, 0.1) is 12.8 Å². The van der Waals surface area contributed by atoms with Crippen LogP contribution in [0.4, 0.5) is 0 Å². The van der Waals surface area contributed by atoms with Gasteiger partial charge >= 0.3 is 0 Å². The van der Waals surface area contributed by atoms with E-state index in [1.165, 1.54) is 0 Å². The summed E-state index contributed by atoms with van der Waals surface area (Å²) in [5.74, 6) is 0.620. The number of ether oxygens (including phenoxy) is 1. The third-order valence-electron chi connectivity index (χ3n) is 3.97. The Balaban J connectivity index is 1.52. The van der Waals surface area contributed by atoms with Crippen LogP contribution in [-0.2, 0) is 6.54 Å². The molecule has 7 nitrogen and oxygen atoms in total. The maximum atomic E-state index is 12.2. The van der Waals surface area contributed by atoms with E-state index in [9.17, 15) is 4.79 Å². The molecule has 0 bridgehead atoms. The molecule has 1 amide bonds. The van der Waals surface area contributed by atoms with E-state index in [4.69, 9.17) is 4.74 Å². The molecule has 2 heterocycles. The summed E-state index contributed by atoms with van der Waals surface area (Å²) in [5, 5.41) is 14.1. The number of benzene rings is 1. The van der Waals surface area contributed by atoms with E-state index >= 15 is 0 Å². The van der Waals surface area contributed by atoms with Crippen molar-refractivity contribution < 1.29 is 9.53 Å². The first kappa shape index (κ1) is 16.8. The van der Waals surface area contributed by atoms with E-state index in [0.717, 1.165) is 35.7 Å². The maximum absolute atomic E-state index is 12.2. The monoisotopic (exact) mass is 339 g/mol. The number of aromatic amines is 1. The van der Waals surface area contributed by atoms with Gasteiger partial charge in [0.15, 0.2) is 0 Å². The predicted molar refractivity (Wildman–Crippen MR) is 94.5 cm³/mol. The number of H-pyrrole nitrogens is 1. The molecule has 0 aliphatic rings. The molecule has 0 atom stereocenters. The lowest BCUT2D eigenvalue weighted by molar-refractivity contribution is 0.0947. The standard InChI is InChI=1S/C18H21N5O2/c1-13-8-10-20-23(13)11-3-9-19-18(24)17-12-16(21-22-17)14-4-6-15(25-2)7-5-14/h4-8,10,12H,3,9,11H2,1-2H3,(H,19,24)(H,21,22). The zero-order chi connectivity index (χ0) is 17.6.